The Kier molecular flexibility index (Phi) is 5.43. The van der Waals surface area contributed by atoms with E-state index >= 15 is 0 Å². The summed E-state index contributed by atoms with van der Waals surface area (Å²) in [6.07, 6.45) is 2.81. The second-order valence-electron chi connectivity index (χ2n) is 6.47. The van der Waals surface area contributed by atoms with E-state index in [-0.39, 0.29) is 6.04 Å². The molecule has 140 valence electrons. The smallest absolute Gasteiger partial charge is 0.211 e. The van der Waals surface area contributed by atoms with E-state index in [9.17, 15) is 8.42 Å². The van der Waals surface area contributed by atoms with Gasteiger partial charge in [0.1, 0.15) is 5.75 Å². The molecule has 1 aromatic heterocycles. The normalized spacial score (nSPS) is 16.1. The molecule has 0 spiro atoms. The van der Waals surface area contributed by atoms with Crippen LogP contribution >= 0.6 is 0 Å². The quantitative estimate of drug-likeness (QED) is 0.795. The van der Waals surface area contributed by atoms with Crippen LogP contribution in [0.25, 0.3) is 11.3 Å². The third kappa shape index (κ3) is 3.96. The number of nitrogens with zero attached hydrogens (tertiary/aromatic N) is 4. The minimum absolute atomic E-state index is 0.0436. The highest BCUT2D eigenvalue weighted by atomic mass is 32.2. The van der Waals surface area contributed by atoms with Crippen molar-refractivity contribution in [2.24, 2.45) is 0 Å². The Morgan fingerprint density at radius 3 is 2.38 bits per heavy atom. The molecule has 0 amide bonds. The first-order valence-electron chi connectivity index (χ1n) is 8.55. The van der Waals surface area contributed by atoms with Crippen LogP contribution in [-0.2, 0) is 10.0 Å². The zero-order chi connectivity index (χ0) is 18.7. The largest absolute Gasteiger partial charge is 0.496 e. The summed E-state index contributed by atoms with van der Waals surface area (Å²) in [6.45, 7) is 1.51. The topological polar surface area (TPSA) is 75.6 Å². The number of hydrogen-bond acceptors (Lipinski definition) is 6. The van der Waals surface area contributed by atoms with Gasteiger partial charge in [0.2, 0.25) is 10.0 Å². The summed E-state index contributed by atoms with van der Waals surface area (Å²) in [4.78, 5) is 2.14. The van der Waals surface area contributed by atoms with E-state index in [0.717, 1.165) is 48.8 Å². The van der Waals surface area contributed by atoms with Crippen molar-refractivity contribution < 1.29 is 13.2 Å². The number of aromatic nitrogens is 2. The number of anilines is 1. The maximum atomic E-state index is 11.7. The Balaban J connectivity index is 1.69. The fourth-order valence-corrected chi connectivity index (χ4v) is 3.98. The molecular formula is C18H24N4O3S. The molecule has 0 aliphatic carbocycles. The van der Waals surface area contributed by atoms with Crippen molar-refractivity contribution in [1.29, 1.82) is 0 Å². The fourth-order valence-electron chi connectivity index (χ4n) is 3.22. The van der Waals surface area contributed by atoms with E-state index in [1.165, 1.54) is 10.6 Å². The SMILES string of the molecule is COc1ccccc1-c1ccc(N2CCC(N(C)S(C)(=O)=O)CC2)nn1. The number of rotatable bonds is 5. The minimum atomic E-state index is -3.15. The van der Waals surface area contributed by atoms with Crippen LogP contribution < -0.4 is 9.64 Å². The molecule has 0 atom stereocenters. The van der Waals surface area contributed by atoms with Gasteiger partial charge in [0.15, 0.2) is 5.82 Å². The Morgan fingerprint density at radius 1 is 1.12 bits per heavy atom. The Labute approximate surface area is 154 Å². The number of para-hydroxylation sites is 1. The van der Waals surface area contributed by atoms with Gasteiger partial charge in [-0.25, -0.2) is 12.7 Å². The molecule has 2 heterocycles. The van der Waals surface area contributed by atoms with Crippen LogP contribution in [0.5, 0.6) is 5.75 Å². The summed E-state index contributed by atoms with van der Waals surface area (Å²) in [6, 6.07) is 11.6. The molecule has 0 saturated carbocycles. The third-order valence-corrected chi connectivity index (χ3v) is 6.20. The van der Waals surface area contributed by atoms with Crippen LogP contribution in [0.2, 0.25) is 0 Å². The van der Waals surface area contributed by atoms with E-state index in [4.69, 9.17) is 4.74 Å². The first kappa shape index (κ1) is 18.6. The van der Waals surface area contributed by atoms with Gasteiger partial charge in [0, 0.05) is 31.7 Å². The van der Waals surface area contributed by atoms with Crippen molar-refractivity contribution in [2.45, 2.75) is 18.9 Å². The molecule has 0 unspecified atom stereocenters. The van der Waals surface area contributed by atoms with Gasteiger partial charge in [0.05, 0.1) is 19.1 Å². The molecule has 7 nitrogen and oxygen atoms in total. The molecule has 1 aromatic carbocycles. The van der Waals surface area contributed by atoms with Gasteiger partial charge in [-0.1, -0.05) is 12.1 Å². The molecule has 3 rings (SSSR count). The number of sulfonamides is 1. The van der Waals surface area contributed by atoms with Crippen LogP contribution in [-0.4, -0.2) is 62.5 Å². The lowest BCUT2D eigenvalue weighted by Gasteiger charge is -2.36. The molecule has 1 aliphatic rings. The van der Waals surface area contributed by atoms with Gasteiger partial charge in [0.25, 0.3) is 0 Å². The van der Waals surface area contributed by atoms with Gasteiger partial charge in [-0.3, -0.25) is 0 Å². The predicted molar refractivity (Wildman–Crippen MR) is 102 cm³/mol. The fraction of sp³-hybridized carbons (Fsp3) is 0.444. The number of piperidine rings is 1. The standard InChI is InChI=1S/C18H24N4O3S/c1-21(26(3,23)24)14-10-12-22(13-11-14)18-9-8-16(19-20-18)15-6-4-5-7-17(15)25-2/h4-9,14H,10-13H2,1-3H3. The minimum Gasteiger partial charge on any atom is -0.496 e. The van der Waals surface area contributed by atoms with Gasteiger partial charge < -0.3 is 9.64 Å². The predicted octanol–water partition coefficient (Wildman–Crippen LogP) is 2.01. The highest BCUT2D eigenvalue weighted by Crippen LogP contribution is 2.29. The molecule has 1 fully saturated rings. The van der Waals surface area contributed by atoms with E-state index in [2.05, 4.69) is 15.1 Å². The molecule has 26 heavy (non-hydrogen) atoms. The maximum Gasteiger partial charge on any atom is 0.211 e. The molecule has 0 N–H and O–H groups in total. The van der Waals surface area contributed by atoms with Crippen LogP contribution in [0, 0.1) is 0 Å². The summed E-state index contributed by atoms with van der Waals surface area (Å²) in [5.41, 5.74) is 1.67. The Bertz CT molecular complexity index is 847. The second kappa shape index (κ2) is 7.59. The van der Waals surface area contributed by atoms with Crippen LogP contribution in [0.1, 0.15) is 12.8 Å². The maximum absolute atomic E-state index is 11.7. The summed E-state index contributed by atoms with van der Waals surface area (Å²) < 4.78 is 30.2. The van der Waals surface area contributed by atoms with Gasteiger partial charge in [-0.15, -0.1) is 10.2 Å². The van der Waals surface area contributed by atoms with Crippen LogP contribution in [0.3, 0.4) is 0 Å². The van der Waals surface area contributed by atoms with Crippen molar-refractivity contribution >= 4 is 15.8 Å². The van der Waals surface area contributed by atoms with E-state index < -0.39 is 10.0 Å². The van der Waals surface area contributed by atoms with Crippen LogP contribution in [0.4, 0.5) is 5.82 Å². The number of methoxy groups -OCH3 is 1. The number of ether oxygens (including phenoxy) is 1. The summed E-state index contributed by atoms with van der Waals surface area (Å²) >= 11 is 0. The van der Waals surface area contributed by atoms with Crippen molar-refractivity contribution in [3.05, 3.63) is 36.4 Å². The van der Waals surface area contributed by atoms with Gasteiger partial charge in [-0.2, -0.15) is 0 Å². The average molecular weight is 376 g/mol. The van der Waals surface area contributed by atoms with Crippen molar-refractivity contribution in [3.63, 3.8) is 0 Å². The van der Waals surface area contributed by atoms with E-state index in [0.29, 0.717) is 0 Å². The van der Waals surface area contributed by atoms with Gasteiger partial charge in [-0.05, 0) is 37.1 Å². The monoisotopic (exact) mass is 376 g/mol. The third-order valence-electron chi connectivity index (χ3n) is 4.86. The highest BCUT2D eigenvalue weighted by Gasteiger charge is 2.27. The Hall–Kier alpha value is -2.19. The van der Waals surface area contributed by atoms with E-state index in [1.807, 2.05) is 36.4 Å². The molecule has 1 aliphatic heterocycles. The lowest BCUT2D eigenvalue weighted by molar-refractivity contribution is 0.313. The number of benzene rings is 1. The van der Waals surface area contributed by atoms with Crippen molar-refractivity contribution in [3.8, 4) is 17.0 Å². The summed E-state index contributed by atoms with van der Waals surface area (Å²) in [5, 5.41) is 8.71. The molecule has 0 radical (unpaired) electrons. The van der Waals surface area contributed by atoms with Crippen molar-refractivity contribution in [1.82, 2.24) is 14.5 Å². The van der Waals surface area contributed by atoms with Crippen LogP contribution in [0.15, 0.2) is 36.4 Å². The van der Waals surface area contributed by atoms with E-state index in [1.54, 1.807) is 14.2 Å². The molecule has 0 bridgehead atoms. The summed E-state index contributed by atoms with van der Waals surface area (Å²) in [7, 11) is 0.135. The molecule has 1 saturated heterocycles. The van der Waals surface area contributed by atoms with Gasteiger partial charge >= 0.3 is 0 Å². The highest BCUT2D eigenvalue weighted by molar-refractivity contribution is 7.88. The number of hydrogen-bond donors (Lipinski definition) is 0. The average Bonchev–Trinajstić information content (AvgIpc) is 2.67. The lowest BCUT2D eigenvalue weighted by Crippen LogP contribution is -2.45. The molecule has 8 heteroatoms. The summed E-state index contributed by atoms with van der Waals surface area (Å²) in [5.74, 6) is 1.57. The molecular weight excluding hydrogens is 352 g/mol. The lowest BCUT2D eigenvalue weighted by atomic mass is 10.1. The molecule has 2 aromatic rings. The van der Waals surface area contributed by atoms with Crippen molar-refractivity contribution in [2.75, 3.05) is 38.4 Å². The Morgan fingerprint density at radius 2 is 1.81 bits per heavy atom. The first-order valence-corrected chi connectivity index (χ1v) is 10.4. The second-order valence-corrected chi connectivity index (χ2v) is 8.52. The first-order chi connectivity index (χ1) is 12.4. The zero-order valence-corrected chi connectivity index (χ0v) is 16.1. The zero-order valence-electron chi connectivity index (χ0n) is 15.3.